The fourth-order valence-electron chi connectivity index (χ4n) is 3.64. The SMILES string of the molecule is CCOC(=O)C1CN(C)CC1c1ccc(/C=C/C(=O)Nc2ccccc2N)cc1. The third kappa shape index (κ3) is 5.23. The van der Waals surface area contributed by atoms with Crippen LogP contribution in [0.2, 0.25) is 0 Å². The Morgan fingerprint density at radius 3 is 2.59 bits per heavy atom. The molecule has 3 rings (SSSR count). The third-order valence-electron chi connectivity index (χ3n) is 5.10. The highest BCUT2D eigenvalue weighted by Crippen LogP contribution is 2.33. The Labute approximate surface area is 171 Å². The average molecular weight is 393 g/mol. The van der Waals surface area contributed by atoms with Crippen LogP contribution in [-0.4, -0.2) is 43.5 Å². The fourth-order valence-corrected chi connectivity index (χ4v) is 3.64. The molecule has 2 atom stereocenters. The van der Waals surface area contributed by atoms with Gasteiger partial charge in [0.1, 0.15) is 0 Å². The molecule has 6 nitrogen and oxygen atoms in total. The van der Waals surface area contributed by atoms with E-state index in [9.17, 15) is 9.59 Å². The summed E-state index contributed by atoms with van der Waals surface area (Å²) in [7, 11) is 2.02. The molecule has 0 aliphatic carbocycles. The van der Waals surface area contributed by atoms with E-state index in [0.29, 0.717) is 24.5 Å². The van der Waals surface area contributed by atoms with E-state index in [1.807, 2.05) is 50.4 Å². The number of esters is 1. The molecule has 2 aromatic rings. The van der Waals surface area contributed by atoms with Crippen molar-refractivity contribution < 1.29 is 14.3 Å². The van der Waals surface area contributed by atoms with Crippen LogP contribution >= 0.6 is 0 Å². The molecular weight excluding hydrogens is 366 g/mol. The van der Waals surface area contributed by atoms with E-state index in [4.69, 9.17) is 10.5 Å². The molecule has 1 amide bonds. The van der Waals surface area contributed by atoms with Crippen molar-refractivity contribution in [2.75, 3.05) is 37.8 Å². The van der Waals surface area contributed by atoms with E-state index in [1.165, 1.54) is 6.08 Å². The highest BCUT2D eigenvalue weighted by Gasteiger charge is 2.37. The molecule has 6 heteroatoms. The maximum absolute atomic E-state index is 12.3. The molecule has 0 spiro atoms. The van der Waals surface area contributed by atoms with Gasteiger partial charge in [0.05, 0.1) is 23.9 Å². The predicted molar refractivity (Wildman–Crippen MR) is 115 cm³/mol. The van der Waals surface area contributed by atoms with Gasteiger partial charge in [-0.1, -0.05) is 36.4 Å². The van der Waals surface area contributed by atoms with Crippen LogP contribution in [0.5, 0.6) is 0 Å². The maximum Gasteiger partial charge on any atom is 0.310 e. The molecule has 0 saturated carbocycles. The lowest BCUT2D eigenvalue weighted by atomic mass is 9.88. The number of nitrogens with two attached hydrogens (primary N) is 1. The molecule has 0 bridgehead atoms. The quantitative estimate of drug-likeness (QED) is 0.447. The average Bonchev–Trinajstić information content (AvgIpc) is 3.11. The Balaban J connectivity index is 1.65. The molecule has 152 valence electrons. The van der Waals surface area contributed by atoms with Crippen molar-refractivity contribution in [3.05, 3.63) is 65.7 Å². The number of hydrogen-bond acceptors (Lipinski definition) is 5. The topological polar surface area (TPSA) is 84.7 Å². The summed E-state index contributed by atoms with van der Waals surface area (Å²) in [5.41, 5.74) is 8.96. The largest absolute Gasteiger partial charge is 0.466 e. The number of benzene rings is 2. The van der Waals surface area contributed by atoms with Gasteiger partial charge >= 0.3 is 5.97 Å². The van der Waals surface area contributed by atoms with Gasteiger partial charge in [0.15, 0.2) is 0 Å². The van der Waals surface area contributed by atoms with Crippen molar-refractivity contribution in [3.63, 3.8) is 0 Å². The Kier molecular flexibility index (Phi) is 6.67. The van der Waals surface area contributed by atoms with Gasteiger partial charge in [-0.05, 0) is 43.3 Å². The van der Waals surface area contributed by atoms with Crippen LogP contribution in [0.4, 0.5) is 11.4 Å². The van der Waals surface area contributed by atoms with Crippen molar-refractivity contribution in [3.8, 4) is 0 Å². The summed E-state index contributed by atoms with van der Waals surface area (Å²) in [6, 6.07) is 15.1. The normalized spacial score (nSPS) is 19.4. The van der Waals surface area contributed by atoms with Crippen LogP contribution in [0.15, 0.2) is 54.6 Å². The molecular formula is C23H27N3O3. The third-order valence-corrected chi connectivity index (χ3v) is 5.10. The molecule has 29 heavy (non-hydrogen) atoms. The molecule has 1 saturated heterocycles. The Hall–Kier alpha value is -3.12. The number of para-hydroxylation sites is 2. The Bertz CT molecular complexity index is 892. The molecule has 1 fully saturated rings. The minimum atomic E-state index is -0.244. The minimum absolute atomic E-state index is 0.112. The standard InChI is InChI=1S/C23H27N3O3/c1-3-29-23(28)19-15-26(2)14-18(19)17-11-8-16(9-12-17)10-13-22(27)25-21-7-5-4-6-20(21)24/h4-13,18-19H,3,14-15,24H2,1-2H3,(H,25,27)/b13-10+. The highest BCUT2D eigenvalue weighted by molar-refractivity contribution is 6.03. The molecule has 2 unspecified atom stereocenters. The number of likely N-dealkylation sites (N-methyl/N-ethyl adjacent to an activating group) is 1. The molecule has 3 N–H and O–H groups in total. The summed E-state index contributed by atoms with van der Waals surface area (Å²) in [5, 5.41) is 2.76. The zero-order valence-corrected chi connectivity index (χ0v) is 16.8. The second-order valence-corrected chi connectivity index (χ2v) is 7.26. The van der Waals surface area contributed by atoms with Gasteiger partial charge in [0.2, 0.25) is 5.91 Å². The highest BCUT2D eigenvalue weighted by atomic mass is 16.5. The molecule has 0 aromatic heterocycles. The van der Waals surface area contributed by atoms with Gasteiger partial charge in [-0.2, -0.15) is 0 Å². The number of nitrogens with one attached hydrogen (secondary N) is 1. The number of ether oxygens (including phenoxy) is 1. The number of hydrogen-bond donors (Lipinski definition) is 2. The van der Waals surface area contributed by atoms with Crippen molar-refractivity contribution in [2.24, 2.45) is 5.92 Å². The first-order chi connectivity index (χ1) is 14.0. The van der Waals surface area contributed by atoms with Crippen molar-refractivity contribution in [1.29, 1.82) is 0 Å². The Morgan fingerprint density at radius 1 is 1.17 bits per heavy atom. The van der Waals surface area contributed by atoms with Gasteiger partial charge < -0.3 is 20.7 Å². The van der Waals surface area contributed by atoms with Crippen LogP contribution in [0.1, 0.15) is 24.0 Å². The summed E-state index contributed by atoms with van der Waals surface area (Å²) in [6.45, 7) is 3.74. The molecule has 0 radical (unpaired) electrons. The summed E-state index contributed by atoms with van der Waals surface area (Å²) in [4.78, 5) is 26.6. The summed E-state index contributed by atoms with van der Waals surface area (Å²) in [5.74, 6) is -0.417. The van der Waals surface area contributed by atoms with E-state index in [-0.39, 0.29) is 23.7 Å². The fraction of sp³-hybridized carbons (Fsp3) is 0.304. The molecule has 1 heterocycles. The van der Waals surface area contributed by atoms with Gasteiger partial charge in [-0.25, -0.2) is 0 Å². The summed E-state index contributed by atoms with van der Waals surface area (Å²) >= 11 is 0. The maximum atomic E-state index is 12.3. The van der Waals surface area contributed by atoms with Crippen LogP contribution in [0.25, 0.3) is 6.08 Å². The van der Waals surface area contributed by atoms with E-state index < -0.39 is 0 Å². The van der Waals surface area contributed by atoms with Crippen LogP contribution in [-0.2, 0) is 14.3 Å². The first-order valence-corrected chi connectivity index (χ1v) is 9.76. The second kappa shape index (κ2) is 9.39. The minimum Gasteiger partial charge on any atom is -0.466 e. The number of amides is 1. The van der Waals surface area contributed by atoms with Crippen LogP contribution < -0.4 is 11.1 Å². The van der Waals surface area contributed by atoms with E-state index in [2.05, 4.69) is 10.2 Å². The number of anilines is 2. The van der Waals surface area contributed by atoms with Gasteiger partial charge in [-0.15, -0.1) is 0 Å². The zero-order valence-electron chi connectivity index (χ0n) is 16.8. The number of nitrogen functional groups attached to an aromatic ring is 1. The lowest BCUT2D eigenvalue weighted by Gasteiger charge is -2.17. The van der Waals surface area contributed by atoms with Crippen molar-refractivity contribution in [2.45, 2.75) is 12.8 Å². The lowest BCUT2D eigenvalue weighted by molar-refractivity contribution is -0.148. The van der Waals surface area contributed by atoms with Crippen molar-refractivity contribution in [1.82, 2.24) is 4.90 Å². The zero-order chi connectivity index (χ0) is 20.8. The van der Waals surface area contributed by atoms with Crippen LogP contribution in [0, 0.1) is 5.92 Å². The monoisotopic (exact) mass is 393 g/mol. The second-order valence-electron chi connectivity index (χ2n) is 7.26. The van der Waals surface area contributed by atoms with Gasteiger partial charge in [0.25, 0.3) is 0 Å². The van der Waals surface area contributed by atoms with Crippen molar-refractivity contribution >= 4 is 29.3 Å². The van der Waals surface area contributed by atoms with E-state index >= 15 is 0 Å². The first-order valence-electron chi connectivity index (χ1n) is 9.76. The number of likely N-dealkylation sites (tertiary alicyclic amines) is 1. The van der Waals surface area contributed by atoms with Gasteiger partial charge in [-0.3, -0.25) is 9.59 Å². The first kappa shape index (κ1) is 20.6. The van der Waals surface area contributed by atoms with E-state index in [1.54, 1.807) is 18.2 Å². The molecule has 2 aromatic carbocycles. The van der Waals surface area contributed by atoms with Crippen LogP contribution in [0.3, 0.4) is 0 Å². The molecule has 1 aliphatic heterocycles. The number of carbonyl (C=O) groups excluding carboxylic acids is 2. The smallest absolute Gasteiger partial charge is 0.310 e. The van der Waals surface area contributed by atoms with Gasteiger partial charge in [0, 0.05) is 25.1 Å². The predicted octanol–water partition coefficient (Wildman–Crippen LogP) is 3.13. The number of nitrogens with zero attached hydrogens (tertiary/aromatic N) is 1. The number of carbonyl (C=O) groups is 2. The van der Waals surface area contributed by atoms with E-state index in [0.717, 1.165) is 17.7 Å². The summed E-state index contributed by atoms with van der Waals surface area (Å²) < 4.78 is 5.24. The molecule has 1 aliphatic rings. The Morgan fingerprint density at radius 2 is 1.90 bits per heavy atom. The number of rotatable bonds is 6. The summed E-state index contributed by atoms with van der Waals surface area (Å²) in [6.07, 6.45) is 3.23. The lowest BCUT2D eigenvalue weighted by Crippen LogP contribution is -2.24.